The molecule has 1 aromatic heterocycles. The Bertz CT molecular complexity index is 1710. The van der Waals surface area contributed by atoms with E-state index in [1.807, 2.05) is 73.7 Å². The molecule has 0 atom stereocenters. The van der Waals surface area contributed by atoms with Gasteiger partial charge in [0.1, 0.15) is 5.75 Å². The van der Waals surface area contributed by atoms with E-state index in [0.29, 0.717) is 26.9 Å². The molecule has 0 aliphatic carbocycles. The SMILES string of the molecule is Cc1ccccc1NC(=O)COc1ccc(C=Nn2c(-c3ccccc3)nc3ccccc3c2=O)cc1Br. The molecule has 1 N–H and O–H groups in total. The van der Waals surface area contributed by atoms with Crippen LogP contribution in [0.1, 0.15) is 11.1 Å². The summed E-state index contributed by atoms with van der Waals surface area (Å²) in [5, 5.41) is 7.83. The second-order valence-electron chi connectivity index (χ2n) is 8.52. The Balaban J connectivity index is 1.37. The number of fused-ring (bicyclic) bond motifs is 1. The van der Waals surface area contributed by atoms with Gasteiger partial charge in [-0.15, -0.1) is 0 Å². The lowest BCUT2D eigenvalue weighted by molar-refractivity contribution is -0.118. The van der Waals surface area contributed by atoms with Crippen molar-refractivity contribution in [2.24, 2.45) is 5.10 Å². The zero-order chi connectivity index (χ0) is 26.5. The number of amides is 1. The number of para-hydroxylation sites is 2. The summed E-state index contributed by atoms with van der Waals surface area (Å²) < 4.78 is 7.67. The number of hydrogen-bond acceptors (Lipinski definition) is 5. The van der Waals surface area contributed by atoms with Gasteiger partial charge in [0, 0.05) is 11.3 Å². The van der Waals surface area contributed by atoms with Crippen LogP contribution >= 0.6 is 15.9 Å². The zero-order valence-corrected chi connectivity index (χ0v) is 22.1. The van der Waals surface area contributed by atoms with E-state index in [1.165, 1.54) is 4.68 Å². The number of ether oxygens (including phenoxy) is 1. The number of aromatic nitrogens is 2. The molecule has 0 aliphatic heterocycles. The third kappa shape index (κ3) is 5.55. The molecule has 188 valence electrons. The van der Waals surface area contributed by atoms with E-state index in [4.69, 9.17) is 9.72 Å². The number of halogens is 1. The van der Waals surface area contributed by atoms with Gasteiger partial charge in [-0.2, -0.15) is 9.78 Å². The normalized spacial score (nSPS) is 11.1. The molecule has 0 spiro atoms. The highest BCUT2D eigenvalue weighted by Crippen LogP contribution is 2.26. The quantitative estimate of drug-likeness (QED) is 0.243. The van der Waals surface area contributed by atoms with Crippen LogP contribution in [0.5, 0.6) is 5.75 Å². The number of carbonyl (C=O) groups excluding carboxylic acids is 1. The average Bonchev–Trinajstić information content (AvgIpc) is 2.94. The lowest BCUT2D eigenvalue weighted by Crippen LogP contribution is -2.20. The molecule has 0 fully saturated rings. The molecule has 8 heteroatoms. The molecule has 1 amide bonds. The van der Waals surface area contributed by atoms with E-state index in [0.717, 1.165) is 22.4 Å². The average molecular weight is 567 g/mol. The van der Waals surface area contributed by atoms with Crippen molar-refractivity contribution in [3.8, 4) is 17.1 Å². The number of hydrogen-bond donors (Lipinski definition) is 1. The Hall–Kier alpha value is -4.56. The Morgan fingerprint density at radius 3 is 2.53 bits per heavy atom. The third-order valence-electron chi connectivity index (χ3n) is 5.84. The molecular formula is C30H23BrN4O3. The first-order chi connectivity index (χ1) is 18.5. The van der Waals surface area contributed by atoms with E-state index in [-0.39, 0.29) is 18.1 Å². The van der Waals surface area contributed by atoms with Crippen molar-refractivity contribution in [2.45, 2.75) is 6.92 Å². The van der Waals surface area contributed by atoms with Crippen molar-refractivity contribution in [1.29, 1.82) is 0 Å². The summed E-state index contributed by atoms with van der Waals surface area (Å²) in [5.74, 6) is 0.703. The van der Waals surface area contributed by atoms with Gasteiger partial charge in [0.25, 0.3) is 11.5 Å². The van der Waals surface area contributed by atoms with E-state index in [9.17, 15) is 9.59 Å². The summed E-state index contributed by atoms with van der Waals surface area (Å²) in [6, 6.07) is 29.6. The smallest absolute Gasteiger partial charge is 0.282 e. The van der Waals surface area contributed by atoms with E-state index >= 15 is 0 Å². The molecule has 0 saturated heterocycles. The van der Waals surface area contributed by atoms with Crippen molar-refractivity contribution < 1.29 is 9.53 Å². The summed E-state index contributed by atoms with van der Waals surface area (Å²) in [6.45, 7) is 1.79. The van der Waals surface area contributed by atoms with Gasteiger partial charge < -0.3 is 10.1 Å². The Morgan fingerprint density at radius 1 is 1.00 bits per heavy atom. The fourth-order valence-corrected chi connectivity index (χ4v) is 4.40. The fourth-order valence-electron chi connectivity index (χ4n) is 3.89. The summed E-state index contributed by atoms with van der Waals surface area (Å²) in [6.07, 6.45) is 1.59. The van der Waals surface area contributed by atoms with E-state index < -0.39 is 0 Å². The second kappa shape index (κ2) is 11.2. The lowest BCUT2D eigenvalue weighted by atomic mass is 10.2. The molecule has 5 aromatic rings. The Morgan fingerprint density at radius 2 is 1.74 bits per heavy atom. The number of aryl methyl sites for hydroxylation is 1. The summed E-state index contributed by atoms with van der Waals surface area (Å²) in [7, 11) is 0. The van der Waals surface area contributed by atoms with Crippen LogP contribution in [-0.2, 0) is 4.79 Å². The maximum absolute atomic E-state index is 13.3. The first kappa shape index (κ1) is 25.1. The standard InChI is InChI=1S/C30H23BrN4O3/c1-20-9-5-7-13-25(20)33-28(36)19-38-27-16-15-21(17-24(27)31)18-32-35-29(22-10-3-2-4-11-22)34-26-14-8-6-12-23(26)30(35)37/h2-18H,19H2,1H3,(H,33,36). The van der Waals surface area contributed by atoms with Crippen LogP contribution in [-0.4, -0.2) is 28.4 Å². The predicted octanol–water partition coefficient (Wildman–Crippen LogP) is 6.03. The molecule has 0 aliphatic rings. The largest absolute Gasteiger partial charge is 0.483 e. The van der Waals surface area contributed by atoms with Gasteiger partial charge in [0.2, 0.25) is 0 Å². The molecule has 4 aromatic carbocycles. The molecule has 0 radical (unpaired) electrons. The van der Waals surface area contributed by atoms with Gasteiger partial charge in [0.15, 0.2) is 12.4 Å². The number of nitrogens with one attached hydrogen (secondary N) is 1. The molecule has 38 heavy (non-hydrogen) atoms. The molecule has 0 bridgehead atoms. The van der Waals surface area contributed by atoms with Gasteiger partial charge >= 0.3 is 0 Å². The molecule has 7 nitrogen and oxygen atoms in total. The summed E-state index contributed by atoms with van der Waals surface area (Å²) in [5.41, 5.74) is 3.58. The van der Waals surface area contributed by atoms with Gasteiger partial charge in [-0.1, -0.05) is 60.7 Å². The predicted molar refractivity (Wildman–Crippen MR) is 154 cm³/mol. The van der Waals surface area contributed by atoms with Crippen LogP contribution in [0.25, 0.3) is 22.3 Å². The summed E-state index contributed by atoms with van der Waals surface area (Å²) >= 11 is 3.50. The maximum Gasteiger partial charge on any atom is 0.282 e. The Labute approximate surface area is 227 Å². The Kier molecular flexibility index (Phi) is 7.42. The lowest BCUT2D eigenvalue weighted by Gasteiger charge is -2.11. The van der Waals surface area contributed by atoms with Gasteiger partial charge in [-0.05, 0) is 70.4 Å². The second-order valence-corrected chi connectivity index (χ2v) is 9.38. The number of carbonyl (C=O) groups is 1. The van der Waals surface area contributed by atoms with Crippen LogP contribution in [0.2, 0.25) is 0 Å². The minimum absolute atomic E-state index is 0.140. The fraction of sp³-hybridized carbons (Fsp3) is 0.0667. The van der Waals surface area contributed by atoms with Crippen LogP contribution < -0.4 is 15.6 Å². The number of anilines is 1. The van der Waals surface area contributed by atoms with Crippen LogP contribution in [0.3, 0.4) is 0 Å². The van der Waals surface area contributed by atoms with Gasteiger partial charge in [-0.3, -0.25) is 9.59 Å². The van der Waals surface area contributed by atoms with Gasteiger partial charge in [0.05, 0.1) is 21.6 Å². The number of nitrogens with zero attached hydrogens (tertiary/aromatic N) is 3. The number of benzene rings is 4. The highest BCUT2D eigenvalue weighted by molar-refractivity contribution is 9.10. The highest BCUT2D eigenvalue weighted by atomic mass is 79.9. The zero-order valence-electron chi connectivity index (χ0n) is 20.5. The minimum Gasteiger partial charge on any atom is -0.483 e. The van der Waals surface area contributed by atoms with E-state index in [2.05, 4.69) is 26.3 Å². The van der Waals surface area contributed by atoms with Crippen molar-refractivity contribution in [3.05, 3.63) is 123 Å². The topological polar surface area (TPSA) is 85.6 Å². The van der Waals surface area contributed by atoms with E-state index in [1.54, 1.807) is 36.5 Å². The van der Waals surface area contributed by atoms with Gasteiger partial charge in [-0.25, -0.2) is 4.98 Å². The number of rotatable bonds is 7. The van der Waals surface area contributed by atoms with Crippen molar-refractivity contribution >= 4 is 44.6 Å². The maximum atomic E-state index is 13.3. The molecule has 0 unspecified atom stereocenters. The van der Waals surface area contributed by atoms with Crippen LogP contribution in [0.15, 0.2) is 111 Å². The third-order valence-corrected chi connectivity index (χ3v) is 6.46. The van der Waals surface area contributed by atoms with Crippen molar-refractivity contribution in [3.63, 3.8) is 0 Å². The molecule has 1 heterocycles. The highest BCUT2D eigenvalue weighted by Gasteiger charge is 2.12. The van der Waals surface area contributed by atoms with Crippen molar-refractivity contribution in [1.82, 2.24) is 9.66 Å². The molecular weight excluding hydrogens is 544 g/mol. The van der Waals surface area contributed by atoms with Crippen molar-refractivity contribution in [2.75, 3.05) is 11.9 Å². The molecule has 0 saturated carbocycles. The minimum atomic E-state index is -0.260. The van der Waals surface area contributed by atoms with Crippen LogP contribution in [0.4, 0.5) is 5.69 Å². The monoisotopic (exact) mass is 566 g/mol. The first-order valence-corrected chi connectivity index (χ1v) is 12.7. The first-order valence-electron chi connectivity index (χ1n) is 11.9. The molecule has 5 rings (SSSR count). The van der Waals surface area contributed by atoms with Crippen LogP contribution in [0, 0.1) is 6.92 Å². The summed E-state index contributed by atoms with van der Waals surface area (Å²) in [4.78, 5) is 30.4.